The average molecular weight is 254 g/mol. The zero-order valence-electron chi connectivity index (χ0n) is 7.84. The molecule has 0 aliphatic carbocycles. The van der Waals surface area contributed by atoms with Crippen molar-refractivity contribution < 1.29 is 22.7 Å². The molecule has 0 aliphatic rings. The van der Waals surface area contributed by atoms with Crippen LogP contribution in [-0.2, 0) is 11.3 Å². The molecule has 16 heavy (non-hydrogen) atoms. The van der Waals surface area contributed by atoms with Crippen LogP contribution < -0.4 is 10.1 Å². The van der Waals surface area contributed by atoms with Gasteiger partial charge in [0.15, 0.2) is 0 Å². The van der Waals surface area contributed by atoms with Crippen molar-refractivity contribution in [3.8, 4) is 5.75 Å². The number of alkyl halides is 3. The first-order chi connectivity index (χ1) is 7.42. The number of carbonyl (C=O) groups excluding carboxylic acids is 1. The Morgan fingerprint density at radius 2 is 2.12 bits per heavy atom. The second-order valence-corrected chi connectivity index (χ2v) is 3.21. The van der Waals surface area contributed by atoms with Crippen LogP contribution in [0.3, 0.4) is 0 Å². The highest BCUT2D eigenvalue weighted by Crippen LogP contribution is 2.27. The summed E-state index contributed by atoms with van der Waals surface area (Å²) in [5.74, 6) is -0.396. The van der Waals surface area contributed by atoms with Gasteiger partial charge in [0.05, 0.1) is 0 Å². The smallest absolute Gasteiger partial charge is 0.406 e. The predicted molar refractivity (Wildman–Crippen MR) is 51.0 cm³/mol. The molecule has 1 aromatic rings. The highest BCUT2D eigenvalue weighted by molar-refractivity contribution is 6.31. The van der Waals surface area contributed by atoms with Gasteiger partial charge in [0, 0.05) is 11.6 Å². The number of ether oxygens (including phenoxy) is 1. The summed E-state index contributed by atoms with van der Waals surface area (Å²) in [4.78, 5) is 10.0. The summed E-state index contributed by atoms with van der Waals surface area (Å²) >= 11 is 5.69. The highest BCUT2D eigenvalue weighted by atomic mass is 35.5. The highest BCUT2D eigenvalue weighted by Gasteiger charge is 2.31. The lowest BCUT2D eigenvalue weighted by atomic mass is 10.2. The van der Waals surface area contributed by atoms with Gasteiger partial charge in [-0.05, 0) is 17.7 Å². The summed E-state index contributed by atoms with van der Waals surface area (Å²) < 4.78 is 39.2. The number of carbonyl (C=O) groups is 1. The molecule has 88 valence electrons. The van der Waals surface area contributed by atoms with Crippen LogP contribution in [0.2, 0.25) is 5.02 Å². The van der Waals surface area contributed by atoms with Crippen LogP contribution in [0, 0.1) is 0 Å². The van der Waals surface area contributed by atoms with Gasteiger partial charge in [0.25, 0.3) is 0 Å². The molecule has 7 heteroatoms. The Bertz CT molecular complexity index is 382. The summed E-state index contributed by atoms with van der Waals surface area (Å²) in [5, 5.41) is 2.44. The standard InChI is InChI=1S/C9H7ClF3NO2/c10-8-3-7(16-9(11,12)13)2-1-6(8)4-14-5-15/h1-3,5H,4H2,(H,14,15). The van der Waals surface area contributed by atoms with Crippen LogP contribution in [0.4, 0.5) is 13.2 Å². The second kappa shape index (κ2) is 5.07. The number of hydrogen-bond acceptors (Lipinski definition) is 2. The third-order valence-corrected chi connectivity index (χ3v) is 1.99. The van der Waals surface area contributed by atoms with Crippen LogP contribution >= 0.6 is 11.6 Å². The minimum absolute atomic E-state index is 0.0936. The molecule has 0 fully saturated rings. The molecule has 3 nitrogen and oxygen atoms in total. The van der Waals surface area contributed by atoms with Gasteiger partial charge < -0.3 is 10.1 Å². The van der Waals surface area contributed by atoms with Gasteiger partial charge >= 0.3 is 6.36 Å². The first-order valence-electron chi connectivity index (χ1n) is 4.13. The van der Waals surface area contributed by atoms with Gasteiger partial charge in [0.2, 0.25) is 6.41 Å². The van der Waals surface area contributed by atoms with E-state index in [0.29, 0.717) is 12.0 Å². The van der Waals surface area contributed by atoms with Crippen molar-refractivity contribution in [3.63, 3.8) is 0 Å². The van der Waals surface area contributed by atoms with E-state index in [4.69, 9.17) is 11.6 Å². The number of rotatable bonds is 4. The number of nitrogens with one attached hydrogen (secondary N) is 1. The van der Waals surface area contributed by atoms with Gasteiger partial charge in [-0.15, -0.1) is 13.2 Å². The number of benzene rings is 1. The minimum Gasteiger partial charge on any atom is -0.406 e. The van der Waals surface area contributed by atoms with Gasteiger partial charge in [0.1, 0.15) is 5.75 Å². The lowest BCUT2D eigenvalue weighted by Gasteiger charge is -2.10. The quantitative estimate of drug-likeness (QED) is 0.837. The predicted octanol–water partition coefficient (Wildman–Crippen LogP) is 2.48. The van der Waals surface area contributed by atoms with Crippen LogP contribution in [-0.4, -0.2) is 12.8 Å². The Kier molecular flexibility index (Phi) is 4.00. The summed E-state index contributed by atoms with van der Waals surface area (Å²) in [6, 6.07) is 3.51. The van der Waals surface area contributed by atoms with Gasteiger partial charge in [-0.25, -0.2) is 0 Å². The third kappa shape index (κ3) is 3.98. The molecule has 0 saturated carbocycles. The minimum atomic E-state index is -4.74. The van der Waals surface area contributed by atoms with E-state index in [-0.39, 0.29) is 11.6 Å². The van der Waals surface area contributed by atoms with Crippen LogP contribution in [0.25, 0.3) is 0 Å². The van der Waals surface area contributed by atoms with Crippen molar-refractivity contribution in [3.05, 3.63) is 28.8 Å². The van der Waals surface area contributed by atoms with E-state index in [1.54, 1.807) is 0 Å². The Morgan fingerprint density at radius 1 is 1.44 bits per heavy atom. The topological polar surface area (TPSA) is 38.3 Å². The van der Waals surface area contributed by atoms with Crippen molar-refractivity contribution in [2.75, 3.05) is 0 Å². The molecule has 0 heterocycles. The molecule has 1 rings (SSSR count). The number of amides is 1. The summed E-state index contributed by atoms with van der Waals surface area (Å²) in [5.41, 5.74) is 0.503. The molecule has 0 aliphatic heterocycles. The zero-order chi connectivity index (χ0) is 12.2. The average Bonchev–Trinajstić information content (AvgIpc) is 2.14. The van der Waals surface area contributed by atoms with Crippen LogP contribution in [0.1, 0.15) is 5.56 Å². The molecule has 1 N–H and O–H groups in total. The number of halogens is 4. The van der Waals surface area contributed by atoms with Crippen LogP contribution in [0.15, 0.2) is 18.2 Å². The monoisotopic (exact) mass is 253 g/mol. The normalized spacial score (nSPS) is 11.0. The fourth-order valence-electron chi connectivity index (χ4n) is 1.02. The van der Waals surface area contributed by atoms with E-state index in [1.165, 1.54) is 6.07 Å². The fraction of sp³-hybridized carbons (Fsp3) is 0.222. The lowest BCUT2D eigenvalue weighted by Crippen LogP contribution is -2.17. The molecule has 0 aromatic heterocycles. The maximum Gasteiger partial charge on any atom is 0.573 e. The van der Waals surface area contributed by atoms with Crippen molar-refractivity contribution in [1.82, 2.24) is 5.32 Å². The Labute approximate surface area is 94.2 Å². The maximum atomic E-state index is 11.9. The lowest BCUT2D eigenvalue weighted by molar-refractivity contribution is -0.274. The summed E-state index contributed by atoms with van der Waals surface area (Å²) in [6.07, 6.45) is -4.28. The number of hydrogen-bond donors (Lipinski definition) is 1. The van der Waals surface area contributed by atoms with Crippen molar-refractivity contribution in [2.24, 2.45) is 0 Å². The van der Waals surface area contributed by atoms with E-state index >= 15 is 0 Å². The van der Waals surface area contributed by atoms with E-state index in [0.717, 1.165) is 12.1 Å². The van der Waals surface area contributed by atoms with Crippen molar-refractivity contribution >= 4 is 18.0 Å². The van der Waals surface area contributed by atoms with Crippen LogP contribution in [0.5, 0.6) is 5.75 Å². The van der Waals surface area contributed by atoms with Gasteiger partial charge in [-0.3, -0.25) is 4.79 Å². The van der Waals surface area contributed by atoms with E-state index in [9.17, 15) is 18.0 Å². The Morgan fingerprint density at radius 3 is 2.62 bits per heavy atom. The summed E-state index contributed by atoms with van der Waals surface area (Å²) in [6.45, 7) is 0.147. The molecule has 0 saturated heterocycles. The van der Waals surface area contributed by atoms with Crippen molar-refractivity contribution in [2.45, 2.75) is 12.9 Å². The molecule has 0 spiro atoms. The van der Waals surface area contributed by atoms with Gasteiger partial charge in [-0.1, -0.05) is 17.7 Å². The largest absolute Gasteiger partial charge is 0.573 e. The molecular formula is C9H7ClF3NO2. The molecule has 0 unspecified atom stereocenters. The zero-order valence-corrected chi connectivity index (χ0v) is 8.60. The van der Waals surface area contributed by atoms with Gasteiger partial charge in [-0.2, -0.15) is 0 Å². The maximum absolute atomic E-state index is 11.9. The molecule has 0 bridgehead atoms. The Hall–Kier alpha value is -1.43. The second-order valence-electron chi connectivity index (χ2n) is 2.80. The first kappa shape index (κ1) is 12.6. The first-order valence-corrected chi connectivity index (χ1v) is 4.51. The van der Waals surface area contributed by atoms with E-state index in [1.807, 2.05) is 0 Å². The third-order valence-electron chi connectivity index (χ3n) is 1.63. The Balaban J connectivity index is 2.78. The molecule has 0 atom stereocenters. The fourth-order valence-corrected chi connectivity index (χ4v) is 1.26. The molecule has 0 radical (unpaired) electrons. The molecular weight excluding hydrogens is 247 g/mol. The molecule has 1 amide bonds. The van der Waals surface area contributed by atoms with E-state index in [2.05, 4.69) is 10.1 Å². The van der Waals surface area contributed by atoms with E-state index < -0.39 is 12.1 Å². The SMILES string of the molecule is O=CNCc1ccc(OC(F)(F)F)cc1Cl. The van der Waals surface area contributed by atoms with Crippen molar-refractivity contribution in [1.29, 1.82) is 0 Å². The molecule has 1 aromatic carbocycles. The summed E-state index contributed by atoms with van der Waals surface area (Å²) in [7, 11) is 0.